The summed E-state index contributed by atoms with van der Waals surface area (Å²) in [6.45, 7) is 8.64. The number of hydrogen-bond acceptors (Lipinski definition) is 2. The molecule has 0 spiro atoms. The Labute approximate surface area is 116 Å². The Morgan fingerprint density at radius 2 is 1.95 bits per heavy atom. The smallest absolute Gasteiger partial charge is 0.0459 e. The maximum absolute atomic E-state index is 3.47. The molecule has 0 atom stereocenters. The fraction of sp³-hybridized carbons (Fsp3) is 0.500. The van der Waals surface area contributed by atoms with Crippen molar-refractivity contribution in [3.8, 4) is 0 Å². The minimum absolute atomic E-state index is 0.138. The Balaban J connectivity index is 2.28. The highest BCUT2D eigenvalue weighted by atomic mass is 15.2. The minimum atomic E-state index is 0.138. The first-order valence-corrected chi connectivity index (χ1v) is 6.88. The summed E-state index contributed by atoms with van der Waals surface area (Å²) in [6, 6.07) is 8.53. The summed E-state index contributed by atoms with van der Waals surface area (Å²) in [5.74, 6) is 0. The zero-order valence-corrected chi connectivity index (χ0v) is 12.7. The summed E-state index contributed by atoms with van der Waals surface area (Å²) in [7, 11) is 4.20. The van der Waals surface area contributed by atoms with Gasteiger partial charge in [-0.2, -0.15) is 0 Å². The van der Waals surface area contributed by atoms with Crippen molar-refractivity contribution in [2.75, 3.05) is 20.6 Å². The van der Waals surface area contributed by atoms with Gasteiger partial charge in [-0.25, -0.2) is 0 Å². The Bertz CT molecular complexity index is 554. The number of rotatable bonds is 5. The van der Waals surface area contributed by atoms with E-state index in [1.807, 2.05) is 7.05 Å². The predicted molar refractivity (Wildman–Crippen MR) is 82.5 cm³/mol. The molecule has 19 heavy (non-hydrogen) atoms. The quantitative estimate of drug-likeness (QED) is 0.865. The lowest BCUT2D eigenvalue weighted by Gasteiger charge is -2.35. The summed E-state index contributed by atoms with van der Waals surface area (Å²) in [5, 5.41) is 4.61. The van der Waals surface area contributed by atoms with Crippen LogP contribution in [0.25, 0.3) is 10.9 Å². The molecule has 0 saturated carbocycles. The van der Waals surface area contributed by atoms with Gasteiger partial charge in [-0.3, -0.25) is 4.90 Å². The molecule has 3 heteroatoms. The first-order valence-electron chi connectivity index (χ1n) is 6.88. The highest BCUT2D eigenvalue weighted by Crippen LogP contribution is 2.25. The number of H-pyrrole nitrogens is 1. The van der Waals surface area contributed by atoms with Gasteiger partial charge in [0, 0.05) is 35.2 Å². The van der Waals surface area contributed by atoms with Crippen LogP contribution >= 0.6 is 0 Å². The SMILES string of the molecule is CNCC(C)(C)N(C)Cc1c(C)[nH]c2ccccc12. The van der Waals surface area contributed by atoms with Gasteiger partial charge >= 0.3 is 0 Å². The molecule has 0 amide bonds. The number of para-hydroxylation sites is 1. The van der Waals surface area contributed by atoms with Crippen molar-refractivity contribution in [2.24, 2.45) is 0 Å². The van der Waals surface area contributed by atoms with Crippen molar-refractivity contribution in [1.82, 2.24) is 15.2 Å². The molecule has 0 aliphatic heterocycles. The minimum Gasteiger partial charge on any atom is -0.358 e. The lowest BCUT2D eigenvalue weighted by atomic mass is 10.0. The zero-order valence-electron chi connectivity index (χ0n) is 12.7. The Morgan fingerprint density at radius 1 is 1.26 bits per heavy atom. The molecule has 1 heterocycles. The molecule has 1 aromatic carbocycles. The molecule has 3 nitrogen and oxygen atoms in total. The maximum atomic E-state index is 3.47. The Kier molecular flexibility index (Phi) is 3.97. The third-order valence-corrected chi connectivity index (χ3v) is 4.07. The lowest BCUT2D eigenvalue weighted by Crippen LogP contribution is -2.47. The van der Waals surface area contributed by atoms with E-state index in [2.05, 4.69) is 67.3 Å². The van der Waals surface area contributed by atoms with E-state index < -0.39 is 0 Å². The van der Waals surface area contributed by atoms with Crippen molar-refractivity contribution in [3.05, 3.63) is 35.5 Å². The van der Waals surface area contributed by atoms with Crippen LogP contribution in [0.15, 0.2) is 24.3 Å². The van der Waals surface area contributed by atoms with Crippen LogP contribution in [0.3, 0.4) is 0 Å². The molecule has 0 aliphatic carbocycles. The second-order valence-corrected chi connectivity index (χ2v) is 5.97. The predicted octanol–water partition coefficient (Wildman–Crippen LogP) is 2.91. The number of benzene rings is 1. The van der Waals surface area contributed by atoms with Crippen LogP contribution in [0.2, 0.25) is 0 Å². The van der Waals surface area contributed by atoms with Crippen LogP contribution in [0.5, 0.6) is 0 Å². The second-order valence-electron chi connectivity index (χ2n) is 5.97. The average Bonchev–Trinajstić information content (AvgIpc) is 2.66. The molecule has 1 aromatic heterocycles. The fourth-order valence-corrected chi connectivity index (χ4v) is 2.56. The van der Waals surface area contributed by atoms with Crippen LogP contribution in [-0.2, 0) is 6.54 Å². The molecule has 2 aromatic rings. The van der Waals surface area contributed by atoms with Gasteiger partial charge < -0.3 is 10.3 Å². The van der Waals surface area contributed by atoms with Crippen molar-refractivity contribution in [3.63, 3.8) is 0 Å². The van der Waals surface area contributed by atoms with Crippen LogP contribution in [0, 0.1) is 6.92 Å². The summed E-state index contributed by atoms with van der Waals surface area (Å²) >= 11 is 0. The maximum Gasteiger partial charge on any atom is 0.0459 e. The highest BCUT2D eigenvalue weighted by Gasteiger charge is 2.23. The van der Waals surface area contributed by atoms with Crippen LogP contribution in [0.1, 0.15) is 25.1 Å². The number of aryl methyl sites for hydroxylation is 1. The van der Waals surface area contributed by atoms with Crippen LogP contribution in [-0.4, -0.2) is 36.1 Å². The molecular weight excluding hydrogens is 234 g/mol. The highest BCUT2D eigenvalue weighted by molar-refractivity contribution is 5.84. The molecular formula is C16H25N3. The number of aromatic nitrogens is 1. The number of aromatic amines is 1. The first-order chi connectivity index (χ1) is 8.95. The van der Waals surface area contributed by atoms with E-state index in [9.17, 15) is 0 Å². The van der Waals surface area contributed by atoms with Gasteiger partial charge in [0.1, 0.15) is 0 Å². The van der Waals surface area contributed by atoms with Crippen molar-refractivity contribution in [2.45, 2.75) is 32.9 Å². The van der Waals surface area contributed by atoms with E-state index in [0.29, 0.717) is 0 Å². The van der Waals surface area contributed by atoms with Crippen LogP contribution in [0.4, 0.5) is 0 Å². The monoisotopic (exact) mass is 259 g/mol. The standard InChI is InChI=1S/C16H25N3/c1-12-14(10-19(5)16(2,3)11-17-4)13-8-6-7-9-15(13)18-12/h6-9,17-18H,10-11H2,1-5H3. The van der Waals surface area contributed by atoms with E-state index in [-0.39, 0.29) is 5.54 Å². The van der Waals surface area contributed by atoms with E-state index in [4.69, 9.17) is 0 Å². The summed E-state index contributed by atoms with van der Waals surface area (Å²) in [5.41, 5.74) is 4.05. The molecule has 0 aliphatic rings. The molecule has 0 saturated heterocycles. The van der Waals surface area contributed by atoms with E-state index in [0.717, 1.165) is 13.1 Å². The molecule has 2 rings (SSSR count). The average molecular weight is 259 g/mol. The number of nitrogens with one attached hydrogen (secondary N) is 2. The van der Waals surface area contributed by atoms with Gasteiger partial charge in [-0.1, -0.05) is 18.2 Å². The molecule has 0 bridgehead atoms. The lowest BCUT2D eigenvalue weighted by molar-refractivity contribution is 0.148. The van der Waals surface area contributed by atoms with Crippen molar-refractivity contribution in [1.29, 1.82) is 0 Å². The largest absolute Gasteiger partial charge is 0.358 e. The van der Waals surface area contributed by atoms with Gasteiger partial charge in [0.05, 0.1) is 0 Å². The summed E-state index contributed by atoms with van der Waals surface area (Å²) in [6.07, 6.45) is 0. The number of likely N-dealkylation sites (N-methyl/N-ethyl adjacent to an activating group) is 2. The van der Waals surface area contributed by atoms with Gasteiger partial charge in [0.15, 0.2) is 0 Å². The molecule has 0 radical (unpaired) electrons. The topological polar surface area (TPSA) is 31.1 Å². The molecule has 0 fully saturated rings. The third kappa shape index (κ3) is 2.82. The zero-order chi connectivity index (χ0) is 14.0. The van der Waals surface area contributed by atoms with E-state index in [1.165, 1.54) is 22.2 Å². The number of hydrogen-bond donors (Lipinski definition) is 2. The summed E-state index contributed by atoms with van der Waals surface area (Å²) < 4.78 is 0. The molecule has 104 valence electrons. The van der Waals surface area contributed by atoms with Crippen molar-refractivity contribution >= 4 is 10.9 Å². The Hall–Kier alpha value is -1.32. The third-order valence-electron chi connectivity index (χ3n) is 4.07. The molecule has 0 unspecified atom stereocenters. The molecule has 2 N–H and O–H groups in total. The van der Waals surface area contributed by atoms with E-state index in [1.54, 1.807) is 0 Å². The van der Waals surface area contributed by atoms with Crippen LogP contribution < -0.4 is 5.32 Å². The normalized spacial score (nSPS) is 12.5. The van der Waals surface area contributed by atoms with E-state index >= 15 is 0 Å². The van der Waals surface area contributed by atoms with Gasteiger partial charge in [0.25, 0.3) is 0 Å². The second kappa shape index (κ2) is 5.35. The number of nitrogens with zero attached hydrogens (tertiary/aromatic N) is 1. The van der Waals surface area contributed by atoms with Gasteiger partial charge in [0.2, 0.25) is 0 Å². The van der Waals surface area contributed by atoms with Crippen molar-refractivity contribution < 1.29 is 0 Å². The van der Waals surface area contributed by atoms with Gasteiger partial charge in [-0.15, -0.1) is 0 Å². The summed E-state index contributed by atoms with van der Waals surface area (Å²) in [4.78, 5) is 5.88. The van der Waals surface area contributed by atoms with Gasteiger partial charge in [-0.05, 0) is 46.5 Å². The Morgan fingerprint density at radius 3 is 2.63 bits per heavy atom. The number of fused-ring (bicyclic) bond motifs is 1. The fourth-order valence-electron chi connectivity index (χ4n) is 2.56. The first kappa shape index (κ1) is 14.1.